The van der Waals surface area contributed by atoms with E-state index in [0.29, 0.717) is 12.6 Å². The van der Waals surface area contributed by atoms with Gasteiger partial charge in [0.15, 0.2) is 0 Å². The molecule has 1 unspecified atom stereocenters. The smallest absolute Gasteiger partial charge is 0.246 e. The van der Waals surface area contributed by atoms with E-state index in [9.17, 15) is 4.79 Å². The fourth-order valence-electron chi connectivity index (χ4n) is 0.551. The van der Waals surface area contributed by atoms with Crippen molar-refractivity contribution in [1.82, 2.24) is 10.6 Å². The molecule has 0 saturated carbocycles. The van der Waals surface area contributed by atoms with Crippen molar-refractivity contribution in [3.05, 3.63) is 0 Å². The van der Waals surface area contributed by atoms with Gasteiger partial charge in [0.05, 0.1) is 0 Å². The summed E-state index contributed by atoms with van der Waals surface area (Å²) < 4.78 is 4.64. The lowest BCUT2D eigenvalue weighted by molar-refractivity contribution is -0.124. The highest BCUT2D eigenvalue weighted by Gasteiger charge is 2.01. The molecule has 0 aliphatic carbocycles. The second kappa shape index (κ2) is 6.12. The second-order valence-electron chi connectivity index (χ2n) is 2.43. The zero-order valence-corrected chi connectivity index (χ0v) is 7.31. The van der Waals surface area contributed by atoms with Crippen LogP contribution in [0.4, 0.5) is 0 Å². The maximum absolute atomic E-state index is 10.8. The molecule has 1 atom stereocenters. The molecule has 2 N–H and O–H groups in total. The van der Waals surface area contributed by atoms with E-state index in [1.54, 1.807) is 0 Å². The van der Waals surface area contributed by atoms with E-state index in [-0.39, 0.29) is 12.5 Å². The molecule has 0 fully saturated rings. The Morgan fingerprint density at radius 2 is 2.27 bits per heavy atom. The minimum absolute atomic E-state index is 0.0744. The first-order valence-electron chi connectivity index (χ1n) is 3.63. The predicted octanol–water partition coefficient (Wildman–Crippen LogP) is -0.643. The molecule has 0 aliphatic heterocycles. The zero-order chi connectivity index (χ0) is 8.69. The fourth-order valence-corrected chi connectivity index (χ4v) is 0.551. The molecule has 0 heterocycles. The summed E-state index contributed by atoms with van der Waals surface area (Å²) in [5.41, 5.74) is 0. The van der Waals surface area contributed by atoms with Crippen LogP contribution in [-0.4, -0.2) is 39.3 Å². The van der Waals surface area contributed by atoms with Crippen LogP contribution in [-0.2, 0) is 9.53 Å². The third-order valence-corrected chi connectivity index (χ3v) is 1.37. The molecule has 0 spiro atoms. The van der Waals surface area contributed by atoms with E-state index in [1.165, 1.54) is 7.11 Å². The van der Waals surface area contributed by atoms with Gasteiger partial charge in [0, 0.05) is 19.7 Å². The number of rotatable bonds is 5. The molecule has 4 nitrogen and oxygen atoms in total. The van der Waals surface area contributed by atoms with Crippen LogP contribution in [0.25, 0.3) is 0 Å². The summed E-state index contributed by atoms with van der Waals surface area (Å²) in [7, 11) is 3.36. The molecule has 11 heavy (non-hydrogen) atoms. The highest BCUT2D eigenvalue weighted by atomic mass is 16.5. The quantitative estimate of drug-likeness (QED) is 0.562. The number of methoxy groups -OCH3 is 1. The molecular weight excluding hydrogens is 144 g/mol. The molecular formula is C7H16N2O2. The zero-order valence-electron chi connectivity index (χ0n) is 7.31. The van der Waals surface area contributed by atoms with Crippen molar-refractivity contribution < 1.29 is 9.53 Å². The molecule has 4 heteroatoms. The predicted molar refractivity (Wildman–Crippen MR) is 43.4 cm³/mol. The third-order valence-electron chi connectivity index (χ3n) is 1.37. The number of nitrogens with one attached hydrogen (secondary N) is 2. The largest absolute Gasteiger partial charge is 0.375 e. The van der Waals surface area contributed by atoms with E-state index in [0.717, 1.165) is 0 Å². The SMILES string of the molecule is CNC(C)CNC(=O)COC. The molecule has 66 valence electrons. The van der Waals surface area contributed by atoms with Gasteiger partial charge in [0.25, 0.3) is 0 Å². The number of likely N-dealkylation sites (N-methyl/N-ethyl adjacent to an activating group) is 1. The van der Waals surface area contributed by atoms with Gasteiger partial charge in [-0.05, 0) is 14.0 Å². The van der Waals surface area contributed by atoms with Crippen molar-refractivity contribution in [2.45, 2.75) is 13.0 Å². The Kier molecular flexibility index (Phi) is 5.78. The summed E-state index contributed by atoms with van der Waals surface area (Å²) in [4.78, 5) is 10.8. The van der Waals surface area contributed by atoms with E-state index in [4.69, 9.17) is 0 Å². The number of carbonyl (C=O) groups is 1. The van der Waals surface area contributed by atoms with Crippen LogP contribution in [0.3, 0.4) is 0 Å². The molecule has 0 rings (SSSR count). The Bertz CT molecular complexity index is 117. The van der Waals surface area contributed by atoms with Crippen LogP contribution in [0.15, 0.2) is 0 Å². The first kappa shape index (κ1) is 10.4. The van der Waals surface area contributed by atoms with Gasteiger partial charge in [0.2, 0.25) is 5.91 Å². The van der Waals surface area contributed by atoms with E-state index in [2.05, 4.69) is 15.4 Å². The standard InChI is InChI=1S/C7H16N2O2/c1-6(8-2)4-9-7(10)5-11-3/h6,8H,4-5H2,1-3H3,(H,9,10). The van der Waals surface area contributed by atoms with E-state index < -0.39 is 0 Å². The summed E-state index contributed by atoms with van der Waals surface area (Å²) in [5, 5.41) is 5.71. The molecule has 0 saturated heterocycles. The lowest BCUT2D eigenvalue weighted by Gasteiger charge is -2.10. The van der Waals surface area contributed by atoms with Gasteiger partial charge in [-0.1, -0.05) is 0 Å². The van der Waals surface area contributed by atoms with Crippen LogP contribution in [0.2, 0.25) is 0 Å². The highest BCUT2D eigenvalue weighted by molar-refractivity contribution is 5.77. The number of hydrogen-bond donors (Lipinski definition) is 2. The topological polar surface area (TPSA) is 50.4 Å². The minimum atomic E-state index is -0.0744. The van der Waals surface area contributed by atoms with Gasteiger partial charge >= 0.3 is 0 Å². The molecule has 0 aromatic rings. The fraction of sp³-hybridized carbons (Fsp3) is 0.857. The maximum Gasteiger partial charge on any atom is 0.246 e. The van der Waals surface area contributed by atoms with Gasteiger partial charge in [-0.2, -0.15) is 0 Å². The van der Waals surface area contributed by atoms with Gasteiger partial charge < -0.3 is 15.4 Å². The average molecular weight is 160 g/mol. The first-order valence-corrected chi connectivity index (χ1v) is 3.63. The van der Waals surface area contributed by atoms with Gasteiger partial charge in [0.1, 0.15) is 6.61 Å². The molecule has 0 aliphatic rings. The van der Waals surface area contributed by atoms with Crippen LogP contribution in [0, 0.1) is 0 Å². The van der Waals surface area contributed by atoms with Crippen molar-refractivity contribution in [3.8, 4) is 0 Å². The van der Waals surface area contributed by atoms with Crippen LogP contribution < -0.4 is 10.6 Å². The summed E-state index contributed by atoms with van der Waals surface area (Å²) in [6.45, 7) is 2.77. The Balaban J connectivity index is 3.30. The maximum atomic E-state index is 10.8. The second-order valence-corrected chi connectivity index (χ2v) is 2.43. The third kappa shape index (κ3) is 5.82. The van der Waals surface area contributed by atoms with Crippen molar-refractivity contribution in [2.75, 3.05) is 27.3 Å². The monoisotopic (exact) mass is 160 g/mol. The first-order chi connectivity index (χ1) is 5.20. The molecule has 1 amide bonds. The van der Waals surface area contributed by atoms with Gasteiger partial charge in [-0.3, -0.25) is 4.79 Å². The number of ether oxygens (including phenoxy) is 1. The van der Waals surface area contributed by atoms with E-state index in [1.807, 2.05) is 14.0 Å². The molecule has 0 aromatic heterocycles. The van der Waals surface area contributed by atoms with Crippen molar-refractivity contribution in [3.63, 3.8) is 0 Å². The summed E-state index contributed by atoms with van der Waals surface area (Å²) in [5.74, 6) is -0.0744. The lowest BCUT2D eigenvalue weighted by atomic mass is 10.3. The van der Waals surface area contributed by atoms with Gasteiger partial charge in [-0.25, -0.2) is 0 Å². The highest BCUT2D eigenvalue weighted by Crippen LogP contribution is 1.76. The van der Waals surface area contributed by atoms with Crippen molar-refractivity contribution >= 4 is 5.91 Å². The normalized spacial score (nSPS) is 12.6. The van der Waals surface area contributed by atoms with Crippen molar-refractivity contribution in [2.24, 2.45) is 0 Å². The molecule has 0 radical (unpaired) electrons. The average Bonchev–Trinajstić information content (AvgIpc) is 2.01. The van der Waals surface area contributed by atoms with Crippen LogP contribution >= 0.6 is 0 Å². The Hall–Kier alpha value is -0.610. The van der Waals surface area contributed by atoms with Crippen LogP contribution in [0.5, 0.6) is 0 Å². The van der Waals surface area contributed by atoms with E-state index >= 15 is 0 Å². The summed E-state index contributed by atoms with van der Waals surface area (Å²) >= 11 is 0. The van der Waals surface area contributed by atoms with Crippen molar-refractivity contribution in [1.29, 1.82) is 0 Å². The Morgan fingerprint density at radius 1 is 1.64 bits per heavy atom. The number of amides is 1. The lowest BCUT2D eigenvalue weighted by Crippen LogP contribution is -2.38. The molecule has 0 aromatic carbocycles. The summed E-state index contributed by atoms with van der Waals surface area (Å²) in [6.07, 6.45) is 0. The van der Waals surface area contributed by atoms with Gasteiger partial charge in [-0.15, -0.1) is 0 Å². The Labute approximate surface area is 67.3 Å². The number of hydrogen-bond acceptors (Lipinski definition) is 3. The Morgan fingerprint density at radius 3 is 2.73 bits per heavy atom. The van der Waals surface area contributed by atoms with Crippen LogP contribution in [0.1, 0.15) is 6.92 Å². The number of carbonyl (C=O) groups excluding carboxylic acids is 1. The minimum Gasteiger partial charge on any atom is -0.375 e. The molecule has 0 bridgehead atoms. The summed E-state index contributed by atoms with van der Waals surface area (Å²) in [6, 6.07) is 0.302.